The third-order valence-corrected chi connectivity index (χ3v) is 4.28. The van der Waals surface area contributed by atoms with E-state index >= 15 is 0 Å². The summed E-state index contributed by atoms with van der Waals surface area (Å²) < 4.78 is 41.8. The Morgan fingerprint density at radius 3 is 2.31 bits per heavy atom. The summed E-state index contributed by atoms with van der Waals surface area (Å²) in [6, 6.07) is 5.49. The minimum absolute atomic E-state index is 0.0240. The number of epoxide rings is 1. The molecule has 0 aromatic heterocycles. The van der Waals surface area contributed by atoms with Gasteiger partial charge in [-0.15, -0.1) is 0 Å². The highest BCUT2D eigenvalue weighted by atomic mass is 19.4. The van der Waals surface area contributed by atoms with Crippen LogP contribution in [0.25, 0.3) is 0 Å². The number of alkyl halides is 3. The number of halogens is 3. The molecule has 1 saturated heterocycles. The van der Waals surface area contributed by atoms with E-state index < -0.39 is 42.0 Å². The first-order valence-corrected chi connectivity index (χ1v) is 9.11. The van der Waals surface area contributed by atoms with Crippen LogP contribution >= 0.6 is 0 Å². The standard InChI is InChI=1S/C19H23F3N2O5/c1-10(2)9-13(17(27)23-8-7-11-3-5-12(25)6-4-11)24-18(28)15-14(29-15)16(26)19(20,21)22/h3-6,10,13-15,25H,7-9H2,1-2H3,(H,23,27)(H,24,28)/t13-,14-,15-/m0/s1. The largest absolute Gasteiger partial charge is 0.508 e. The Hall–Kier alpha value is -2.62. The van der Waals surface area contributed by atoms with E-state index in [-0.39, 0.29) is 24.6 Å². The average molecular weight is 416 g/mol. The number of carbonyl (C=O) groups excluding carboxylic acids is 3. The van der Waals surface area contributed by atoms with Crippen molar-refractivity contribution in [2.24, 2.45) is 5.92 Å². The second kappa shape index (κ2) is 9.25. The minimum Gasteiger partial charge on any atom is -0.508 e. The number of ketones is 1. The SMILES string of the molecule is CC(C)C[C@H](NC(=O)[C@H]1O[C@@H]1C(=O)C(F)(F)F)C(=O)NCCc1ccc(O)cc1. The van der Waals surface area contributed by atoms with Gasteiger partial charge in [0.1, 0.15) is 11.8 Å². The number of rotatable bonds is 9. The van der Waals surface area contributed by atoms with Crippen LogP contribution in [0.2, 0.25) is 0 Å². The number of Topliss-reactive ketones (excluding diaryl/α,β-unsaturated/α-hetero) is 1. The molecule has 1 aromatic carbocycles. The Labute approximate surface area is 165 Å². The Bertz CT molecular complexity index is 749. The lowest BCUT2D eigenvalue weighted by atomic mass is 10.0. The van der Waals surface area contributed by atoms with Gasteiger partial charge >= 0.3 is 6.18 Å². The molecular weight excluding hydrogens is 393 g/mol. The van der Waals surface area contributed by atoms with Gasteiger partial charge in [-0.3, -0.25) is 14.4 Å². The first-order chi connectivity index (χ1) is 13.5. The summed E-state index contributed by atoms with van der Waals surface area (Å²) in [7, 11) is 0. The van der Waals surface area contributed by atoms with Crippen molar-refractivity contribution in [3.63, 3.8) is 0 Å². The van der Waals surface area contributed by atoms with Crippen molar-refractivity contribution in [1.29, 1.82) is 0 Å². The number of hydrogen-bond donors (Lipinski definition) is 3. The Balaban J connectivity index is 1.87. The molecule has 1 heterocycles. The molecule has 0 unspecified atom stereocenters. The van der Waals surface area contributed by atoms with Gasteiger partial charge in [0.25, 0.3) is 11.7 Å². The van der Waals surface area contributed by atoms with E-state index in [9.17, 15) is 32.7 Å². The van der Waals surface area contributed by atoms with Gasteiger partial charge in [0, 0.05) is 6.54 Å². The number of phenols is 1. The normalized spacial score (nSPS) is 19.5. The van der Waals surface area contributed by atoms with Gasteiger partial charge in [-0.25, -0.2) is 0 Å². The van der Waals surface area contributed by atoms with Crippen molar-refractivity contribution in [3.05, 3.63) is 29.8 Å². The number of hydrogen-bond acceptors (Lipinski definition) is 5. The molecule has 160 valence electrons. The summed E-state index contributed by atoms with van der Waals surface area (Å²) in [5, 5.41) is 14.3. The maximum absolute atomic E-state index is 12.4. The summed E-state index contributed by atoms with van der Waals surface area (Å²) in [6.07, 6.45) is -7.72. The molecule has 2 rings (SSSR count). The summed E-state index contributed by atoms with van der Waals surface area (Å²) in [4.78, 5) is 35.6. The van der Waals surface area contributed by atoms with E-state index in [4.69, 9.17) is 0 Å². The second-order valence-electron chi connectivity index (χ2n) is 7.24. The van der Waals surface area contributed by atoms with E-state index in [0.717, 1.165) is 5.56 Å². The Morgan fingerprint density at radius 1 is 1.14 bits per heavy atom. The molecule has 0 bridgehead atoms. The highest BCUT2D eigenvalue weighted by Crippen LogP contribution is 2.31. The smallest absolute Gasteiger partial charge is 0.452 e. The van der Waals surface area contributed by atoms with Crippen LogP contribution in [0.1, 0.15) is 25.8 Å². The van der Waals surface area contributed by atoms with Crippen LogP contribution in [-0.2, 0) is 25.5 Å². The molecule has 0 aliphatic carbocycles. The van der Waals surface area contributed by atoms with Crippen molar-refractivity contribution in [1.82, 2.24) is 10.6 Å². The molecule has 0 saturated carbocycles. The molecule has 2 amide bonds. The molecule has 7 nitrogen and oxygen atoms in total. The highest BCUT2D eigenvalue weighted by molar-refractivity contribution is 5.99. The molecule has 1 aliphatic rings. The van der Waals surface area contributed by atoms with Gasteiger partial charge in [-0.1, -0.05) is 26.0 Å². The van der Waals surface area contributed by atoms with Crippen molar-refractivity contribution in [2.45, 2.75) is 51.1 Å². The highest BCUT2D eigenvalue weighted by Gasteiger charge is 2.59. The quantitative estimate of drug-likeness (QED) is 0.529. The Kier molecular flexibility index (Phi) is 7.23. The molecule has 3 atom stereocenters. The summed E-state index contributed by atoms with van der Waals surface area (Å²) >= 11 is 0. The number of carbonyl (C=O) groups is 3. The van der Waals surface area contributed by atoms with Gasteiger partial charge in [0.2, 0.25) is 5.91 Å². The lowest BCUT2D eigenvalue weighted by molar-refractivity contribution is -0.172. The number of benzene rings is 1. The molecule has 1 aromatic rings. The number of nitrogens with one attached hydrogen (secondary N) is 2. The zero-order valence-electron chi connectivity index (χ0n) is 16.0. The van der Waals surface area contributed by atoms with Crippen molar-refractivity contribution in [3.8, 4) is 5.75 Å². The zero-order valence-corrected chi connectivity index (χ0v) is 16.0. The maximum atomic E-state index is 12.4. The third kappa shape index (κ3) is 6.74. The number of ether oxygens (including phenoxy) is 1. The fraction of sp³-hybridized carbons (Fsp3) is 0.526. The minimum atomic E-state index is -5.08. The van der Waals surface area contributed by atoms with Gasteiger partial charge < -0.3 is 20.5 Å². The van der Waals surface area contributed by atoms with Gasteiger partial charge in [-0.2, -0.15) is 13.2 Å². The van der Waals surface area contributed by atoms with E-state index in [0.29, 0.717) is 6.42 Å². The van der Waals surface area contributed by atoms with Crippen LogP contribution in [0.3, 0.4) is 0 Å². The first kappa shape index (κ1) is 22.7. The monoisotopic (exact) mass is 416 g/mol. The molecule has 29 heavy (non-hydrogen) atoms. The van der Waals surface area contributed by atoms with Crippen molar-refractivity contribution in [2.75, 3.05) is 6.54 Å². The van der Waals surface area contributed by atoms with E-state index in [2.05, 4.69) is 15.4 Å². The summed E-state index contributed by atoms with van der Waals surface area (Å²) in [5.41, 5.74) is 0.882. The van der Waals surface area contributed by atoms with Gasteiger partial charge in [0.05, 0.1) is 0 Å². The predicted octanol–water partition coefficient (Wildman–Crippen LogP) is 1.48. The Morgan fingerprint density at radius 2 is 1.76 bits per heavy atom. The van der Waals surface area contributed by atoms with Crippen molar-refractivity contribution >= 4 is 17.6 Å². The van der Waals surface area contributed by atoms with Crippen LogP contribution in [0.4, 0.5) is 13.2 Å². The lowest BCUT2D eigenvalue weighted by Crippen LogP contribution is -2.49. The number of phenolic OH excluding ortho intramolecular Hbond substituents is 1. The maximum Gasteiger partial charge on any atom is 0.452 e. The zero-order chi connectivity index (χ0) is 21.8. The molecule has 10 heteroatoms. The van der Waals surface area contributed by atoms with E-state index in [1.165, 1.54) is 12.1 Å². The average Bonchev–Trinajstić information content (AvgIpc) is 3.41. The molecular formula is C19H23F3N2O5. The molecule has 0 radical (unpaired) electrons. The third-order valence-electron chi connectivity index (χ3n) is 4.28. The summed E-state index contributed by atoms with van der Waals surface area (Å²) in [5.74, 6) is -3.37. The fourth-order valence-corrected chi connectivity index (χ4v) is 2.75. The van der Waals surface area contributed by atoms with Crippen LogP contribution in [0.15, 0.2) is 24.3 Å². The van der Waals surface area contributed by atoms with Gasteiger partial charge in [-0.05, 0) is 36.5 Å². The van der Waals surface area contributed by atoms with Crippen LogP contribution in [-0.4, -0.2) is 53.7 Å². The molecule has 0 spiro atoms. The number of amides is 2. The molecule has 1 fully saturated rings. The van der Waals surface area contributed by atoms with E-state index in [1.807, 2.05) is 13.8 Å². The first-order valence-electron chi connectivity index (χ1n) is 9.11. The van der Waals surface area contributed by atoms with Gasteiger partial charge in [0.15, 0.2) is 12.2 Å². The van der Waals surface area contributed by atoms with Crippen LogP contribution in [0, 0.1) is 5.92 Å². The molecule has 3 N–H and O–H groups in total. The fourth-order valence-electron chi connectivity index (χ4n) is 2.75. The predicted molar refractivity (Wildman–Crippen MR) is 95.9 cm³/mol. The van der Waals surface area contributed by atoms with Crippen molar-refractivity contribution < 1.29 is 37.4 Å². The number of aromatic hydroxyl groups is 1. The van der Waals surface area contributed by atoms with Crippen LogP contribution in [0.5, 0.6) is 5.75 Å². The van der Waals surface area contributed by atoms with E-state index in [1.54, 1.807) is 12.1 Å². The second-order valence-corrected chi connectivity index (χ2v) is 7.24. The molecule has 1 aliphatic heterocycles. The lowest BCUT2D eigenvalue weighted by Gasteiger charge is -2.20. The van der Waals surface area contributed by atoms with Crippen LogP contribution < -0.4 is 10.6 Å². The summed E-state index contributed by atoms with van der Waals surface area (Å²) in [6.45, 7) is 3.92. The topological polar surface area (TPSA) is 108 Å².